The third kappa shape index (κ3) is 2.78. The maximum Gasteiger partial charge on any atom is 0.242 e. The quantitative estimate of drug-likeness (QED) is 0.762. The van der Waals surface area contributed by atoms with Crippen LogP contribution in [0.1, 0.15) is 33.1 Å². The van der Waals surface area contributed by atoms with Crippen molar-refractivity contribution in [1.29, 1.82) is 0 Å². The standard InChI is InChI=1S/C15H21N3O2S/c1-15(2)6-5-11(8-15)18-21(19,20)14-9-17-13-4-3-10(16)7-12(13)14/h3-4,7,9,11,17-18H,5-6,8,16H2,1-2H3. The third-order valence-corrected chi connectivity index (χ3v) is 5.81. The second kappa shape index (κ2) is 4.74. The maximum absolute atomic E-state index is 12.6. The number of H-pyrrole nitrogens is 1. The highest BCUT2D eigenvalue weighted by atomic mass is 32.2. The third-order valence-electron chi connectivity index (χ3n) is 4.25. The molecule has 0 radical (unpaired) electrons. The Bertz CT molecular complexity index is 777. The number of hydrogen-bond acceptors (Lipinski definition) is 3. The first-order valence-electron chi connectivity index (χ1n) is 7.16. The van der Waals surface area contributed by atoms with Crippen LogP contribution in [0.25, 0.3) is 10.9 Å². The van der Waals surface area contributed by atoms with Crippen molar-refractivity contribution in [3.8, 4) is 0 Å². The normalized spacial score (nSPS) is 21.9. The fourth-order valence-corrected chi connectivity index (χ4v) is 4.59. The smallest absolute Gasteiger partial charge is 0.242 e. The van der Waals surface area contributed by atoms with Gasteiger partial charge in [-0.15, -0.1) is 0 Å². The van der Waals surface area contributed by atoms with Gasteiger partial charge in [-0.25, -0.2) is 13.1 Å². The first-order chi connectivity index (χ1) is 9.77. The number of aromatic amines is 1. The predicted octanol–water partition coefficient (Wildman–Crippen LogP) is 2.61. The minimum Gasteiger partial charge on any atom is -0.399 e. The predicted molar refractivity (Wildman–Crippen MR) is 84.5 cm³/mol. The summed E-state index contributed by atoms with van der Waals surface area (Å²) in [4.78, 5) is 3.26. The number of rotatable bonds is 3. The largest absolute Gasteiger partial charge is 0.399 e. The number of aromatic nitrogens is 1. The Hall–Kier alpha value is -1.53. The van der Waals surface area contributed by atoms with Crippen molar-refractivity contribution < 1.29 is 8.42 Å². The summed E-state index contributed by atoms with van der Waals surface area (Å²) in [5, 5.41) is 0.639. The molecule has 6 heteroatoms. The number of benzene rings is 1. The van der Waals surface area contributed by atoms with Crippen LogP contribution in [0.4, 0.5) is 5.69 Å². The second-order valence-corrected chi connectivity index (χ2v) is 8.37. The topological polar surface area (TPSA) is 88.0 Å². The Morgan fingerprint density at radius 1 is 1.38 bits per heavy atom. The first-order valence-corrected chi connectivity index (χ1v) is 8.64. The molecule has 21 heavy (non-hydrogen) atoms. The summed E-state index contributed by atoms with van der Waals surface area (Å²) in [6.07, 6.45) is 4.33. The van der Waals surface area contributed by atoms with E-state index in [9.17, 15) is 8.42 Å². The van der Waals surface area contributed by atoms with E-state index in [1.165, 1.54) is 6.20 Å². The van der Waals surface area contributed by atoms with Gasteiger partial charge in [0.2, 0.25) is 10.0 Å². The van der Waals surface area contributed by atoms with Crippen LogP contribution >= 0.6 is 0 Å². The zero-order valence-electron chi connectivity index (χ0n) is 12.3. The highest BCUT2D eigenvalue weighted by Gasteiger charge is 2.34. The summed E-state index contributed by atoms with van der Waals surface area (Å²) in [6.45, 7) is 4.35. The molecule has 1 fully saturated rings. The molecule has 1 atom stereocenters. The first kappa shape index (κ1) is 14.4. The van der Waals surface area contributed by atoms with Gasteiger partial charge in [0.05, 0.1) is 0 Å². The maximum atomic E-state index is 12.6. The van der Waals surface area contributed by atoms with Crippen LogP contribution in [-0.2, 0) is 10.0 Å². The van der Waals surface area contributed by atoms with E-state index in [4.69, 9.17) is 5.73 Å². The molecule has 0 bridgehead atoms. The van der Waals surface area contributed by atoms with Gasteiger partial charge in [0.15, 0.2) is 0 Å². The van der Waals surface area contributed by atoms with Crippen molar-refractivity contribution in [2.45, 2.75) is 44.0 Å². The average Bonchev–Trinajstić information content (AvgIpc) is 2.92. The molecule has 2 aromatic rings. The molecule has 1 aliphatic carbocycles. The summed E-state index contributed by atoms with van der Waals surface area (Å²) >= 11 is 0. The van der Waals surface area contributed by atoms with Gasteiger partial charge >= 0.3 is 0 Å². The van der Waals surface area contributed by atoms with Crippen molar-refractivity contribution in [2.75, 3.05) is 5.73 Å². The molecule has 4 N–H and O–H groups in total. The van der Waals surface area contributed by atoms with E-state index >= 15 is 0 Å². The molecule has 1 unspecified atom stereocenters. The molecule has 0 amide bonds. The van der Waals surface area contributed by atoms with Crippen LogP contribution in [0.3, 0.4) is 0 Å². The van der Waals surface area contributed by atoms with Gasteiger partial charge < -0.3 is 10.7 Å². The molecule has 1 aliphatic rings. The van der Waals surface area contributed by atoms with Crippen molar-refractivity contribution in [2.24, 2.45) is 5.41 Å². The van der Waals surface area contributed by atoms with Crippen LogP contribution in [0.15, 0.2) is 29.3 Å². The summed E-state index contributed by atoms with van der Waals surface area (Å²) in [6, 6.07) is 5.25. The number of nitrogens with one attached hydrogen (secondary N) is 2. The highest BCUT2D eigenvalue weighted by molar-refractivity contribution is 7.89. The lowest BCUT2D eigenvalue weighted by Crippen LogP contribution is -2.33. The monoisotopic (exact) mass is 307 g/mol. The van der Waals surface area contributed by atoms with Crippen LogP contribution in [0.2, 0.25) is 0 Å². The summed E-state index contributed by atoms with van der Waals surface area (Å²) in [7, 11) is -3.53. The van der Waals surface area contributed by atoms with Crippen LogP contribution in [-0.4, -0.2) is 19.4 Å². The van der Waals surface area contributed by atoms with Crippen LogP contribution < -0.4 is 10.5 Å². The van der Waals surface area contributed by atoms with Gasteiger partial charge in [0.25, 0.3) is 0 Å². The lowest BCUT2D eigenvalue weighted by molar-refractivity contribution is 0.372. The molecule has 1 heterocycles. The number of fused-ring (bicyclic) bond motifs is 1. The Morgan fingerprint density at radius 3 is 2.81 bits per heavy atom. The molecular weight excluding hydrogens is 286 g/mol. The van der Waals surface area contributed by atoms with E-state index in [0.29, 0.717) is 11.1 Å². The van der Waals surface area contributed by atoms with Gasteiger partial charge in [0, 0.05) is 28.8 Å². The average molecular weight is 307 g/mol. The molecule has 1 aromatic carbocycles. The zero-order chi connectivity index (χ0) is 15.3. The Labute approximate surface area is 125 Å². The minimum atomic E-state index is -3.53. The van der Waals surface area contributed by atoms with Gasteiger partial charge in [-0.3, -0.25) is 0 Å². The number of hydrogen-bond donors (Lipinski definition) is 3. The van der Waals surface area contributed by atoms with E-state index in [-0.39, 0.29) is 16.4 Å². The molecule has 0 spiro atoms. The molecule has 0 aliphatic heterocycles. The Kier molecular flexibility index (Phi) is 3.26. The number of sulfonamides is 1. The van der Waals surface area contributed by atoms with E-state index in [2.05, 4.69) is 23.6 Å². The lowest BCUT2D eigenvalue weighted by atomic mass is 9.92. The van der Waals surface area contributed by atoms with E-state index in [1.54, 1.807) is 18.2 Å². The molecule has 0 saturated heterocycles. The Morgan fingerprint density at radius 2 is 2.14 bits per heavy atom. The lowest BCUT2D eigenvalue weighted by Gasteiger charge is -2.17. The molecule has 114 valence electrons. The molecule has 5 nitrogen and oxygen atoms in total. The molecule has 3 rings (SSSR count). The van der Waals surface area contributed by atoms with E-state index in [0.717, 1.165) is 24.8 Å². The van der Waals surface area contributed by atoms with Gasteiger partial charge in [-0.1, -0.05) is 13.8 Å². The number of nitrogens with two attached hydrogens (primary N) is 1. The molecular formula is C15H21N3O2S. The van der Waals surface area contributed by atoms with Crippen LogP contribution in [0.5, 0.6) is 0 Å². The van der Waals surface area contributed by atoms with Crippen molar-refractivity contribution in [1.82, 2.24) is 9.71 Å². The van der Waals surface area contributed by atoms with E-state index < -0.39 is 10.0 Å². The van der Waals surface area contributed by atoms with Gasteiger partial charge in [-0.05, 0) is 42.9 Å². The number of anilines is 1. The van der Waals surface area contributed by atoms with Crippen molar-refractivity contribution in [3.05, 3.63) is 24.4 Å². The number of nitrogen functional groups attached to an aromatic ring is 1. The molecule has 1 saturated carbocycles. The highest BCUT2D eigenvalue weighted by Crippen LogP contribution is 2.37. The fourth-order valence-electron chi connectivity index (χ4n) is 3.15. The van der Waals surface area contributed by atoms with Gasteiger partial charge in [0.1, 0.15) is 4.90 Å². The second-order valence-electron chi connectivity index (χ2n) is 6.68. The SMILES string of the molecule is CC1(C)CCC(NS(=O)(=O)c2c[nH]c3ccc(N)cc23)C1. The van der Waals surface area contributed by atoms with Crippen molar-refractivity contribution >= 4 is 26.6 Å². The minimum absolute atomic E-state index is 0.0102. The Balaban J connectivity index is 1.92. The summed E-state index contributed by atoms with van der Waals surface area (Å²) in [5.74, 6) is 0. The summed E-state index contributed by atoms with van der Waals surface area (Å²) in [5.41, 5.74) is 7.30. The van der Waals surface area contributed by atoms with E-state index in [1.807, 2.05) is 0 Å². The fraction of sp³-hybridized carbons (Fsp3) is 0.467. The molecule has 1 aromatic heterocycles. The van der Waals surface area contributed by atoms with Crippen LogP contribution in [0, 0.1) is 5.41 Å². The zero-order valence-corrected chi connectivity index (χ0v) is 13.1. The van der Waals surface area contributed by atoms with Gasteiger partial charge in [-0.2, -0.15) is 0 Å². The summed E-state index contributed by atoms with van der Waals surface area (Å²) < 4.78 is 28.1. The van der Waals surface area contributed by atoms with Crippen molar-refractivity contribution in [3.63, 3.8) is 0 Å².